The van der Waals surface area contributed by atoms with Crippen LogP contribution >= 0.6 is 15.9 Å². The van der Waals surface area contributed by atoms with Gasteiger partial charge in [0, 0.05) is 17.0 Å². The van der Waals surface area contributed by atoms with Gasteiger partial charge in [0.1, 0.15) is 28.5 Å². The summed E-state index contributed by atoms with van der Waals surface area (Å²) < 4.78 is 34.7. The summed E-state index contributed by atoms with van der Waals surface area (Å²) >= 11 is 3.31. The topological polar surface area (TPSA) is 68.5 Å². The summed E-state index contributed by atoms with van der Waals surface area (Å²) in [6, 6.07) is 16.6. The highest BCUT2D eigenvalue weighted by atomic mass is 79.9. The molecule has 1 N–H and O–H groups in total. The number of aromatic carboxylic acids is 1. The van der Waals surface area contributed by atoms with E-state index in [0.717, 1.165) is 17.7 Å². The summed E-state index contributed by atoms with van der Waals surface area (Å²) in [7, 11) is 0. The van der Waals surface area contributed by atoms with Crippen LogP contribution in [0.5, 0.6) is 5.75 Å². The third-order valence-corrected chi connectivity index (χ3v) is 5.70. The fourth-order valence-corrected chi connectivity index (χ4v) is 3.91. The van der Waals surface area contributed by atoms with E-state index < -0.39 is 17.6 Å². The van der Waals surface area contributed by atoms with E-state index >= 15 is 0 Å². The zero-order valence-corrected chi connectivity index (χ0v) is 18.1. The SMILES string of the molecule is O=C(O)c1ccc(Cn2c(=O)c(Br)c(OCc3ccc(F)cc3F)c3ccccc32)cc1. The molecule has 0 saturated heterocycles. The molecule has 0 bridgehead atoms. The van der Waals surface area contributed by atoms with E-state index in [9.17, 15) is 18.4 Å². The number of nitrogens with zero attached hydrogens (tertiary/aromatic N) is 1. The predicted octanol–water partition coefficient (Wildman–Crippen LogP) is 5.37. The Morgan fingerprint density at radius 3 is 2.44 bits per heavy atom. The minimum Gasteiger partial charge on any atom is -0.487 e. The molecule has 1 heterocycles. The first-order valence-corrected chi connectivity index (χ1v) is 10.3. The number of halogens is 3. The molecule has 0 aliphatic heterocycles. The van der Waals surface area contributed by atoms with Crippen LogP contribution < -0.4 is 10.3 Å². The van der Waals surface area contributed by atoms with E-state index in [2.05, 4.69) is 15.9 Å². The molecular weight excluding hydrogens is 484 g/mol. The number of carboxylic acids is 1. The van der Waals surface area contributed by atoms with Crippen LogP contribution in [0.4, 0.5) is 8.78 Å². The number of benzene rings is 3. The van der Waals surface area contributed by atoms with Crippen LogP contribution in [0.1, 0.15) is 21.5 Å². The lowest BCUT2D eigenvalue weighted by atomic mass is 10.1. The number of ether oxygens (including phenoxy) is 1. The molecule has 0 saturated carbocycles. The predicted molar refractivity (Wildman–Crippen MR) is 119 cm³/mol. The van der Waals surface area contributed by atoms with Crippen molar-refractivity contribution in [3.05, 3.63) is 110 Å². The fourth-order valence-electron chi connectivity index (χ4n) is 3.37. The molecule has 0 aliphatic carbocycles. The summed E-state index contributed by atoms with van der Waals surface area (Å²) in [5.74, 6) is -2.19. The lowest BCUT2D eigenvalue weighted by molar-refractivity contribution is 0.0697. The van der Waals surface area contributed by atoms with Gasteiger partial charge in [0.2, 0.25) is 0 Å². The van der Waals surface area contributed by atoms with Gasteiger partial charge in [-0.1, -0.05) is 24.3 Å². The molecule has 1 aromatic heterocycles. The van der Waals surface area contributed by atoms with Crippen molar-refractivity contribution in [2.75, 3.05) is 0 Å². The lowest BCUT2D eigenvalue weighted by Gasteiger charge is -2.16. The van der Waals surface area contributed by atoms with E-state index in [1.165, 1.54) is 18.2 Å². The van der Waals surface area contributed by atoms with Gasteiger partial charge in [0.05, 0.1) is 17.6 Å². The molecule has 0 amide bonds. The Hall–Kier alpha value is -3.52. The van der Waals surface area contributed by atoms with Crippen LogP contribution in [0.25, 0.3) is 10.9 Å². The standard InChI is InChI=1S/C24H16BrF2NO4/c25-21-22(32-13-16-9-10-17(26)11-19(16)27)18-3-1-2-4-20(18)28(23(21)29)12-14-5-7-15(8-6-14)24(30)31/h1-11H,12-13H2,(H,30,31). The number of para-hydroxylation sites is 1. The Morgan fingerprint density at radius 1 is 1.03 bits per heavy atom. The Bertz CT molecular complexity index is 1380. The van der Waals surface area contributed by atoms with Gasteiger partial charge in [-0.05, 0) is 57.9 Å². The van der Waals surface area contributed by atoms with Crippen LogP contribution in [0.15, 0.2) is 76.0 Å². The summed E-state index contributed by atoms with van der Waals surface area (Å²) in [4.78, 5) is 24.2. The summed E-state index contributed by atoms with van der Waals surface area (Å²) in [5.41, 5.74) is 1.29. The van der Waals surface area contributed by atoms with Gasteiger partial charge < -0.3 is 14.4 Å². The average molecular weight is 500 g/mol. The molecule has 0 unspecified atom stereocenters. The van der Waals surface area contributed by atoms with Crippen molar-refractivity contribution in [1.29, 1.82) is 0 Å². The van der Waals surface area contributed by atoms with Crippen LogP contribution in [0.2, 0.25) is 0 Å². The number of pyridine rings is 1. The number of hydrogen-bond donors (Lipinski definition) is 1. The molecule has 3 aromatic carbocycles. The van der Waals surface area contributed by atoms with Crippen LogP contribution in [-0.2, 0) is 13.2 Å². The number of rotatable bonds is 6. The van der Waals surface area contributed by atoms with E-state index in [4.69, 9.17) is 9.84 Å². The van der Waals surface area contributed by atoms with Crippen molar-refractivity contribution in [2.24, 2.45) is 0 Å². The Balaban J connectivity index is 1.73. The lowest BCUT2D eigenvalue weighted by Crippen LogP contribution is -2.23. The highest BCUT2D eigenvalue weighted by Crippen LogP contribution is 2.32. The van der Waals surface area contributed by atoms with Gasteiger partial charge in [-0.3, -0.25) is 4.79 Å². The largest absolute Gasteiger partial charge is 0.487 e. The first-order chi connectivity index (χ1) is 15.3. The van der Waals surface area contributed by atoms with E-state index in [-0.39, 0.29) is 40.1 Å². The molecule has 0 spiro atoms. The fraction of sp³-hybridized carbons (Fsp3) is 0.0833. The Morgan fingerprint density at radius 2 is 1.75 bits per heavy atom. The number of fused-ring (bicyclic) bond motifs is 1. The van der Waals surface area contributed by atoms with Crippen LogP contribution in [0.3, 0.4) is 0 Å². The van der Waals surface area contributed by atoms with Crippen LogP contribution in [-0.4, -0.2) is 15.6 Å². The van der Waals surface area contributed by atoms with Crippen molar-refractivity contribution in [3.63, 3.8) is 0 Å². The minimum absolute atomic E-state index is 0.156. The van der Waals surface area contributed by atoms with Crippen molar-refractivity contribution in [2.45, 2.75) is 13.2 Å². The van der Waals surface area contributed by atoms with Gasteiger partial charge in [-0.2, -0.15) is 0 Å². The molecule has 0 radical (unpaired) electrons. The van der Waals surface area contributed by atoms with Crippen LogP contribution in [0, 0.1) is 11.6 Å². The second-order valence-corrected chi connectivity index (χ2v) is 7.87. The quantitative estimate of drug-likeness (QED) is 0.387. The summed E-state index contributed by atoms with van der Waals surface area (Å²) in [6.45, 7) is 0.0273. The first-order valence-electron chi connectivity index (χ1n) is 9.55. The van der Waals surface area contributed by atoms with Crippen molar-refractivity contribution >= 4 is 32.8 Å². The molecule has 5 nitrogen and oxygen atoms in total. The van der Waals surface area contributed by atoms with E-state index in [1.54, 1.807) is 41.0 Å². The average Bonchev–Trinajstić information content (AvgIpc) is 2.78. The summed E-state index contributed by atoms with van der Waals surface area (Å²) in [5, 5.41) is 9.69. The maximum Gasteiger partial charge on any atom is 0.335 e. The van der Waals surface area contributed by atoms with Gasteiger partial charge in [-0.15, -0.1) is 0 Å². The number of carboxylic acid groups (broad SMARTS) is 1. The number of hydrogen-bond acceptors (Lipinski definition) is 3. The van der Waals surface area contributed by atoms with Crippen molar-refractivity contribution in [1.82, 2.24) is 4.57 Å². The molecule has 4 aromatic rings. The molecule has 162 valence electrons. The van der Waals surface area contributed by atoms with E-state index in [1.807, 2.05) is 0 Å². The highest BCUT2D eigenvalue weighted by Gasteiger charge is 2.17. The van der Waals surface area contributed by atoms with Gasteiger partial charge in [0.15, 0.2) is 0 Å². The zero-order valence-electron chi connectivity index (χ0n) is 16.5. The Labute approximate surface area is 189 Å². The molecule has 8 heteroatoms. The smallest absolute Gasteiger partial charge is 0.335 e. The maximum atomic E-state index is 14.0. The molecule has 32 heavy (non-hydrogen) atoms. The van der Waals surface area contributed by atoms with Crippen molar-refractivity contribution in [3.8, 4) is 5.75 Å². The summed E-state index contributed by atoms with van der Waals surface area (Å²) in [6.07, 6.45) is 0. The third-order valence-electron chi connectivity index (χ3n) is 5.00. The van der Waals surface area contributed by atoms with Crippen molar-refractivity contribution < 1.29 is 23.4 Å². The second-order valence-electron chi connectivity index (χ2n) is 7.08. The van der Waals surface area contributed by atoms with E-state index in [0.29, 0.717) is 10.9 Å². The first kappa shape index (κ1) is 21.7. The number of carbonyl (C=O) groups is 1. The van der Waals surface area contributed by atoms with Gasteiger partial charge in [0.25, 0.3) is 5.56 Å². The minimum atomic E-state index is -1.03. The molecule has 4 rings (SSSR count). The molecule has 0 fully saturated rings. The molecule has 0 atom stereocenters. The monoisotopic (exact) mass is 499 g/mol. The highest BCUT2D eigenvalue weighted by molar-refractivity contribution is 9.10. The molecule has 0 aliphatic rings. The van der Waals surface area contributed by atoms with Gasteiger partial charge in [-0.25, -0.2) is 13.6 Å². The normalized spacial score (nSPS) is 11.0. The zero-order chi connectivity index (χ0) is 22.8. The second kappa shape index (κ2) is 8.92. The maximum absolute atomic E-state index is 14.0. The molecular formula is C24H16BrF2NO4. The number of aromatic nitrogens is 1. The third kappa shape index (κ3) is 4.27. The Kier molecular flexibility index (Phi) is 6.05. The van der Waals surface area contributed by atoms with Gasteiger partial charge >= 0.3 is 5.97 Å².